The average molecular weight is 588 g/mol. The zero-order valence-electron chi connectivity index (χ0n) is 26.3. The van der Waals surface area contributed by atoms with Crippen molar-refractivity contribution in [1.29, 1.82) is 0 Å². The molecule has 236 valence electrons. The number of hydrazine groups is 1. The zero-order valence-corrected chi connectivity index (χ0v) is 26.3. The van der Waals surface area contributed by atoms with Crippen LogP contribution in [0.2, 0.25) is 0 Å². The fourth-order valence-electron chi connectivity index (χ4n) is 5.46. The van der Waals surface area contributed by atoms with Crippen LogP contribution in [0.1, 0.15) is 111 Å². The zero-order chi connectivity index (χ0) is 31.1. The minimum absolute atomic E-state index is 0.0467. The van der Waals surface area contributed by atoms with Crippen molar-refractivity contribution < 1.29 is 29.0 Å². The van der Waals surface area contributed by atoms with Crippen LogP contribution in [-0.2, 0) is 25.7 Å². The van der Waals surface area contributed by atoms with Gasteiger partial charge in [-0.1, -0.05) is 109 Å². The Morgan fingerprint density at radius 2 is 1.60 bits per heavy atom. The number of amides is 3. The first-order valence-electron chi connectivity index (χ1n) is 15.8. The van der Waals surface area contributed by atoms with Gasteiger partial charge in [0, 0.05) is 13.0 Å². The molecule has 9 nitrogen and oxygen atoms in total. The number of carboxylic acid groups (broad SMARTS) is 1. The van der Waals surface area contributed by atoms with Gasteiger partial charge in [0.25, 0.3) is 5.91 Å². The van der Waals surface area contributed by atoms with Gasteiger partial charge in [0.05, 0.1) is 0 Å². The second kappa shape index (κ2) is 18.4. The highest BCUT2D eigenvalue weighted by Crippen LogP contribution is 2.28. The molecule has 42 heavy (non-hydrogen) atoms. The van der Waals surface area contributed by atoms with Gasteiger partial charge in [-0.25, -0.2) is 19.6 Å². The SMILES string of the molecule is CC(C)CCC(=O)N(C(CCCCC1CCCCC1)C(=O)O)N(CC(C)C)C(=O)[C@@H](C)NC(=O)OCc1ccccc1. The molecule has 0 radical (unpaired) electrons. The van der Waals surface area contributed by atoms with Crippen molar-refractivity contribution in [3.05, 3.63) is 35.9 Å². The smallest absolute Gasteiger partial charge is 0.408 e. The van der Waals surface area contributed by atoms with Gasteiger partial charge >= 0.3 is 12.1 Å². The number of benzene rings is 1. The number of hydrogen-bond acceptors (Lipinski definition) is 5. The Morgan fingerprint density at radius 1 is 0.929 bits per heavy atom. The highest BCUT2D eigenvalue weighted by molar-refractivity contribution is 5.90. The second-order valence-corrected chi connectivity index (χ2v) is 12.6. The summed E-state index contributed by atoms with van der Waals surface area (Å²) >= 11 is 0. The quantitative estimate of drug-likeness (QED) is 0.167. The van der Waals surface area contributed by atoms with Gasteiger partial charge in [-0.2, -0.15) is 0 Å². The highest BCUT2D eigenvalue weighted by atomic mass is 16.5. The van der Waals surface area contributed by atoms with E-state index in [0.717, 1.165) is 18.4 Å². The predicted molar refractivity (Wildman–Crippen MR) is 163 cm³/mol. The van der Waals surface area contributed by atoms with E-state index in [9.17, 15) is 24.3 Å². The normalized spacial score (nSPS) is 15.2. The minimum Gasteiger partial charge on any atom is -0.480 e. The van der Waals surface area contributed by atoms with Crippen molar-refractivity contribution in [3.8, 4) is 0 Å². The van der Waals surface area contributed by atoms with Gasteiger partial charge in [-0.05, 0) is 43.1 Å². The Bertz CT molecular complexity index is 977. The monoisotopic (exact) mass is 587 g/mol. The molecule has 9 heteroatoms. The lowest BCUT2D eigenvalue weighted by Gasteiger charge is -2.41. The number of ether oxygens (including phenoxy) is 1. The Morgan fingerprint density at radius 3 is 2.19 bits per heavy atom. The summed E-state index contributed by atoms with van der Waals surface area (Å²) in [5.74, 6) is -1.19. The third kappa shape index (κ3) is 12.4. The number of unbranched alkanes of at least 4 members (excludes halogenated alkanes) is 1. The molecule has 0 heterocycles. The third-order valence-electron chi connectivity index (χ3n) is 7.81. The highest BCUT2D eigenvalue weighted by Gasteiger charge is 2.38. The van der Waals surface area contributed by atoms with Gasteiger partial charge in [0.2, 0.25) is 5.91 Å². The number of rotatable bonds is 16. The van der Waals surface area contributed by atoms with Crippen molar-refractivity contribution in [1.82, 2.24) is 15.3 Å². The Kier molecular flexibility index (Phi) is 15.4. The van der Waals surface area contributed by atoms with Crippen molar-refractivity contribution in [2.24, 2.45) is 17.8 Å². The first-order valence-corrected chi connectivity index (χ1v) is 15.8. The van der Waals surface area contributed by atoms with Gasteiger partial charge in [-0.15, -0.1) is 0 Å². The molecule has 1 unspecified atom stereocenters. The van der Waals surface area contributed by atoms with Crippen molar-refractivity contribution in [2.45, 2.75) is 124 Å². The molecule has 1 aliphatic rings. The molecule has 2 rings (SSSR count). The van der Waals surface area contributed by atoms with Crippen LogP contribution in [0.25, 0.3) is 0 Å². The molecule has 2 atom stereocenters. The van der Waals surface area contributed by atoms with E-state index in [1.54, 1.807) is 0 Å². The fourth-order valence-corrected chi connectivity index (χ4v) is 5.46. The summed E-state index contributed by atoms with van der Waals surface area (Å²) in [6.07, 6.45) is 9.11. The lowest BCUT2D eigenvalue weighted by molar-refractivity contribution is -0.179. The number of nitrogens with one attached hydrogen (secondary N) is 1. The summed E-state index contributed by atoms with van der Waals surface area (Å²) in [4.78, 5) is 52.6. The van der Waals surface area contributed by atoms with Gasteiger partial charge in [0.1, 0.15) is 12.6 Å². The third-order valence-corrected chi connectivity index (χ3v) is 7.81. The maximum atomic E-state index is 13.8. The molecule has 0 bridgehead atoms. The minimum atomic E-state index is -1.17. The van der Waals surface area contributed by atoms with Crippen LogP contribution in [-0.4, -0.2) is 57.6 Å². The van der Waals surface area contributed by atoms with Crippen LogP contribution in [0.4, 0.5) is 4.79 Å². The molecule has 1 saturated carbocycles. The van der Waals surface area contributed by atoms with Gasteiger partial charge < -0.3 is 15.2 Å². The molecule has 0 saturated heterocycles. The lowest BCUT2D eigenvalue weighted by Crippen LogP contribution is -2.61. The van der Waals surface area contributed by atoms with E-state index in [0.29, 0.717) is 18.8 Å². The summed E-state index contributed by atoms with van der Waals surface area (Å²) < 4.78 is 5.29. The number of aliphatic carboxylic acids is 1. The van der Waals surface area contributed by atoms with E-state index in [2.05, 4.69) is 5.32 Å². The van der Waals surface area contributed by atoms with E-state index in [-0.39, 0.29) is 37.8 Å². The summed E-state index contributed by atoms with van der Waals surface area (Å²) in [5, 5.41) is 15.3. The van der Waals surface area contributed by atoms with E-state index in [4.69, 9.17) is 4.74 Å². The first kappa shape index (κ1) is 35.1. The van der Waals surface area contributed by atoms with Gasteiger partial charge in [0.15, 0.2) is 6.04 Å². The molecular formula is C33H53N3O6. The molecule has 1 fully saturated rings. The maximum absolute atomic E-state index is 13.8. The second-order valence-electron chi connectivity index (χ2n) is 12.6. The van der Waals surface area contributed by atoms with Crippen LogP contribution < -0.4 is 5.32 Å². The molecule has 2 N–H and O–H groups in total. The number of carbonyl (C=O) groups excluding carboxylic acids is 3. The van der Waals surface area contributed by atoms with Crippen LogP contribution in [0, 0.1) is 17.8 Å². The van der Waals surface area contributed by atoms with E-state index < -0.39 is 36.0 Å². The maximum Gasteiger partial charge on any atom is 0.408 e. The number of carbonyl (C=O) groups is 4. The van der Waals surface area contributed by atoms with E-state index in [1.165, 1.54) is 49.0 Å². The van der Waals surface area contributed by atoms with Crippen LogP contribution in [0.15, 0.2) is 30.3 Å². The molecule has 0 aromatic heterocycles. The molecule has 3 amide bonds. The standard InChI is InChI=1S/C33H53N3O6/c1-24(2)20-21-30(37)36(29(32(39)40)19-13-12-16-27-14-8-6-9-15-27)35(22-25(3)4)31(38)26(5)34-33(41)42-23-28-17-10-7-11-18-28/h7,10-11,17-18,24-27,29H,6,8-9,12-16,19-23H2,1-5H3,(H,34,41)(H,39,40)/t26-,29?/m1/s1. The average Bonchev–Trinajstić information content (AvgIpc) is 2.96. The topological polar surface area (TPSA) is 116 Å². The predicted octanol–water partition coefficient (Wildman–Crippen LogP) is 6.56. The Balaban J connectivity index is 2.19. The Hall–Kier alpha value is -3.10. The summed E-state index contributed by atoms with van der Waals surface area (Å²) in [7, 11) is 0. The molecule has 1 aliphatic carbocycles. The van der Waals surface area contributed by atoms with Crippen molar-refractivity contribution >= 4 is 23.9 Å². The van der Waals surface area contributed by atoms with Crippen LogP contribution in [0.5, 0.6) is 0 Å². The summed E-state index contributed by atoms with van der Waals surface area (Å²) in [6.45, 7) is 9.53. The molecule has 0 aliphatic heterocycles. The van der Waals surface area contributed by atoms with Crippen molar-refractivity contribution in [2.75, 3.05) is 6.54 Å². The molecule has 1 aromatic rings. The van der Waals surface area contributed by atoms with E-state index >= 15 is 0 Å². The number of hydrogen-bond donors (Lipinski definition) is 2. The summed E-state index contributed by atoms with van der Waals surface area (Å²) in [5.41, 5.74) is 0.808. The fraction of sp³-hybridized carbons (Fsp3) is 0.697. The summed E-state index contributed by atoms with van der Waals surface area (Å²) in [6, 6.07) is 6.99. The number of nitrogens with zero attached hydrogens (tertiary/aromatic N) is 2. The first-order chi connectivity index (χ1) is 20.0. The van der Waals surface area contributed by atoms with Crippen LogP contribution in [0.3, 0.4) is 0 Å². The van der Waals surface area contributed by atoms with E-state index in [1.807, 2.05) is 58.0 Å². The molecular weight excluding hydrogens is 534 g/mol. The van der Waals surface area contributed by atoms with Crippen LogP contribution >= 0.6 is 0 Å². The molecule has 1 aromatic carbocycles. The largest absolute Gasteiger partial charge is 0.480 e. The number of carboxylic acids is 1. The van der Waals surface area contributed by atoms with Gasteiger partial charge in [-0.3, -0.25) is 9.59 Å². The Labute approximate surface area is 252 Å². The lowest BCUT2D eigenvalue weighted by atomic mass is 9.85. The molecule has 0 spiro atoms. The van der Waals surface area contributed by atoms with Crippen molar-refractivity contribution in [3.63, 3.8) is 0 Å². The number of alkyl carbamates (subject to hydrolysis) is 1.